The van der Waals surface area contributed by atoms with E-state index < -0.39 is 10.0 Å². The van der Waals surface area contributed by atoms with Crippen LogP contribution < -0.4 is 15.8 Å². The predicted octanol–water partition coefficient (Wildman–Crippen LogP) is 2.78. The van der Waals surface area contributed by atoms with Gasteiger partial charge in [0.05, 0.1) is 23.8 Å². The summed E-state index contributed by atoms with van der Waals surface area (Å²) in [5.74, 6) is 1.61. The van der Waals surface area contributed by atoms with Gasteiger partial charge in [-0.1, -0.05) is 12.1 Å². The second-order valence-corrected chi connectivity index (χ2v) is 8.88. The zero-order chi connectivity index (χ0) is 21.2. The van der Waals surface area contributed by atoms with Crippen molar-refractivity contribution in [2.45, 2.75) is 49.6 Å². The van der Waals surface area contributed by atoms with Crippen LogP contribution in [-0.4, -0.2) is 40.2 Å². The molecule has 1 aromatic carbocycles. The van der Waals surface area contributed by atoms with Crippen molar-refractivity contribution in [3.8, 4) is 0 Å². The maximum absolute atomic E-state index is 11.4. The number of rotatable bonds is 9. The lowest BCUT2D eigenvalue weighted by molar-refractivity contribution is 0.0122. The maximum atomic E-state index is 11.4. The van der Waals surface area contributed by atoms with Crippen LogP contribution in [0.15, 0.2) is 57.0 Å². The number of guanidine groups is 1. The molecule has 3 rings (SSSR count). The van der Waals surface area contributed by atoms with Gasteiger partial charge in [0.1, 0.15) is 5.76 Å². The first-order valence-corrected chi connectivity index (χ1v) is 11.8. The summed E-state index contributed by atoms with van der Waals surface area (Å²) in [5, 5.41) is 11.8. The molecule has 2 aromatic rings. The first-order valence-electron chi connectivity index (χ1n) is 10.3. The summed E-state index contributed by atoms with van der Waals surface area (Å²) in [6, 6.07) is 10.3. The van der Waals surface area contributed by atoms with Crippen LogP contribution in [0.2, 0.25) is 0 Å². The number of aliphatic imine (C=N–C) groups is 1. The number of nitrogens with zero attached hydrogens (tertiary/aromatic N) is 1. The third-order valence-electron chi connectivity index (χ3n) is 4.95. The van der Waals surface area contributed by atoms with Gasteiger partial charge < -0.3 is 19.8 Å². The Bertz CT molecular complexity index is 896. The third-order valence-corrected chi connectivity index (χ3v) is 5.88. The Hall–Kier alpha value is -1.63. The van der Waals surface area contributed by atoms with E-state index in [1.165, 1.54) is 18.6 Å². The molecular weight excluding hydrogens is 531 g/mol. The molecule has 0 radical (unpaired) electrons. The lowest BCUT2D eigenvalue weighted by Crippen LogP contribution is -2.40. The van der Waals surface area contributed by atoms with Gasteiger partial charge in [-0.25, -0.2) is 18.5 Å². The lowest BCUT2D eigenvalue weighted by Gasteiger charge is -2.23. The Kier molecular flexibility index (Phi) is 10.8. The van der Waals surface area contributed by atoms with E-state index in [1.807, 2.05) is 12.1 Å². The number of benzene rings is 1. The average Bonchev–Trinajstić information content (AvgIpc) is 3.25. The topological polar surface area (TPSA) is 119 Å². The molecule has 0 aliphatic carbocycles. The van der Waals surface area contributed by atoms with Crippen molar-refractivity contribution >= 4 is 40.0 Å². The number of hydrogen-bond acceptors (Lipinski definition) is 5. The Labute approximate surface area is 201 Å². The molecule has 0 bridgehead atoms. The lowest BCUT2D eigenvalue weighted by atomic mass is 10.1. The van der Waals surface area contributed by atoms with E-state index >= 15 is 0 Å². The number of nitrogens with one attached hydrogen (secondary N) is 2. The predicted molar refractivity (Wildman–Crippen MR) is 131 cm³/mol. The van der Waals surface area contributed by atoms with Crippen molar-refractivity contribution in [2.24, 2.45) is 10.1 Å². The van der Waals surface area contributed by atoms with Gasteiger partial charge in [-0.05, 0) is 55.5 Å². The zero-order valence-corrected chi connectivity index (χ0v) is 20.6. The van der Waals surface area contributed by atoms with Gasteiger partial charge in [0.25, 0.3) is 0 Å². The van der Waals surface area contributed by atoms with Crippen LogP contribution >= 0.6 is 24.0 Å². The van der Waals surface area contributed by atoms with Gasteiger partial charge in [0, 0.05) is 26.1 Å². The standard InChI is InChI=1S/C21H30N4O4S.HI/c22-30(26,27)20-8-6-17(7-9-20)16-25-21(24-13-11-19-5-3-15-29-19)23-12-10-18-4-1-2-14-28-18;/h3,5-9,15,18H,1-2,4,10-14,16H2,(H2,22,26,27)(H2,23,24,25);1H. The summed E-state index contributed by atoms with van der Waals surface area (Å²) in [6.07, 6.45) is 7.14. The number of nitrogens with two attached hydrogens (primary N) is 1. The highest BCUT2D eigenvalue weighted by Crippen LogP contribution is 2.15. The van der Waals surface area contributed by atoms with E-state index in [0.29, 0.717) is 25.2 Å². The molecule has 1 aromatic heterocycles. The van der Waals surface area contributed by atoms with Crippen molar-refractivity contribution in [3.05, 3.63) is 54.0 Å². The molecule has 1 fully saturated rings. The molecule has 1 atom stereocenters. The largest absolute Gasteiger partial charge is 0.469 e. The number of hydrogen-bond donors (Lipinski definition) is 3. The molecule has 172 valence electrons. The van der Waals surface area contributed by atoms with E-state index in [2.05, 4.69) is 15.6 Å². The van der Waals surface area contributed by atoms with Crippen LogP contribution in [0.3, 0.4) is 0 Å². The molecule has 1 saturated heterocycles. The van der Waals surface area contributed by atoms with E-state index in [-0.39, 0.29) is 28.9 Å². The summed E-state index contributed by atoms with van der Waals surface area (Å²) < 4.78 is 33.9. The first kappa shape index (κ1) is 25.6. The molecule has 0 amide bonds. The zero-order valence-electron chi connectivity index (χ0n) is 17.5. The molecule has 0 saturated carbocycles. The summed E-state index contributed by atoms with van der Waals surface area (Å²) >= 11 is 0. The number of sulfonamides is 1. The van der Waals surface area contributed by atoms with E-state index in [0.717, 1.165) is 50.2 Å². The van der Waals surface area contributed by atoms with Crippen molar-refractivity contribution in [2.75, 3.05) is 19.7 Å². The molecule has 1 aliphatic rings. The van der Waals surface area contributed by atoms with E-state index in [1.54, 1.807) is 18.4 Å². The fourth-order valence-corrected chi connectivity index (χ4v) is 3.79. The smallest absolute Gasteiger partial charge is 0.238 e. The number of ether oxygens (including phenoxy) is 1. The highest BCUT2D eigenvalue weighted by Gasteiger charge is 2.13. The SMILES string of the molecule is I.NS(=O)(=O)c1ccc(CN=C(NCCc2ccco2)NCCC2CCCCO2)cc1. The Morgan fingerprint density at radius 1 is 1.13 bits per heavy atom. The van der Waals surface area contributed by atoms with Gasteiger partial charge in [-0.3, -0.25) is 0 Å². The Balaban J connectivity index is 0.00000341. The van der Waals surface area contributed by atoms with E-state index in [4.69, 9.17) is 14.3 Å². The summed E-state index contributed by atoms with van der Waals surface area (Å²) in [5.41, 5.74) is 0.894. The highest BCUT2D eigenvalue weighted by atomic mass is 127. The molecule has 1 aliphatic heterocycles. The van der Waals surface area contributed by atoms with Crippen LogP contribution in [-0.2, 0) is 27.7 Å². The molecule has 4 N–H and O–H groups in total. The summed E-state index contributed by atoms with van der Waals surface area (Å²) in [7, 11) is -3.69. The normalized spacial score (nSPS) is 17.1. The van der Waals surface area contributed by atoms with Crippen LogP contribution in [0.1, 0.15) is 37.0 Å². The van der Waals surface area contributed by atoms with Crippen molar-refractivity contribution in [1.29, 1.82) is 0 Å². The minimum Gasteiger partial charge on any atom is -0.469 e. The third kappa shape index (κ3) is 9.17. The number of primary sulfonamides is 1. The van der Waals surface area contributed by atoms with E-state index in [9.17, 15) is 8.42 Å². The van der Waals surface area contributed by atoms with Crippen LogP contribution in [0.5, 0.6) is 0 Å². The number of halogens is 1. The average molecular weight is 562 g/mol. The van der Waals surface area contributed by atoms with Crippen LogP contribution in [0.4, 0.5) is 0 Å². The first-order chi connectivity index (χ1) is 14.5. The maximum Gasteiger partial charge on any atom is 0.238 e. The van der Waals surface area contributed by atoms with Gasteiger partial charge in [0.15, 0.2) is 5.96 Å². The van der Waals surface area contributed by atoms with Crippen molar-refractivity contribution < 1.29 is 17.6 Å². The highest BCUT2D eigenvalue weighted by molar-refractivity contribution is 14.0. The Morgan fingerprint density at radius 2 is 1.90 bits per heavy atom. The van der Waals surface area contributed by atoms with Gasteiger partial charge in [-0.15, -0.1) is 24.0 Å². The minimum absolute atomic E-state index is 0. The second-order valence-electron chi connectivity index (χ2n) is 7.31. The van der Waals surface area contributed by atoms with Crippen LogP contribution in [0.25, 0.3) is 0 Å². The molecule has 10 heteroatoms. The minimum atomic E-state index is -3.69. The summed E-state index contributed by atoms with van der Waals surface area (Å²) in [6.45, 7) is 2.72. The second kappa shape index (κ2) is 13.0. The Morgan fingerprint density at radius 3 is 2.55 bits per heavy atom. The monoisotopic (exact) mass is 562 g/mol. The quantitative estimate of drug-likeness (QED) is 0.246. The molecular formula is C21H31IN4O4S. The molecule has 2 heterocycles. The van der Waals surface area contributed by atoms with Crippen molar-refractivity contribution in [1.82, 2.24) is 10.6 Å². The van der Waals surface area contributed by atoms with Crippen molar-refractivity contribution in [3.63, 3.8) is 0 Å². The fraction of sp³-hybridized carbons (Fsp3) is 0.476. The summed E-state index contributed by atoms with van der Waals surface area (Å²) in [4.78, 5) is 4.72. The van der Waals surface area contributed by atoms with Gasteiger partial charge in [-0.2, -0.15) is 0 Å². The van der Waals surface area contributed by atoms with Crippen LogP contribution in [0, 0.1) is 0 Å². The fourth-order valence-electron chi connectivity index (χ4n) is 3.27. The molecule has 8 nitrogen and oxygen atoms in total. The molecule has 0 spiro atoms. The van der Waals surface area contributed by atoms with Gasteiger partial charge >= 0.3 is 0 Å². The van der Waals surface area contributed by atoms with Gasteiger partial charge in [0.2, 0.25) is 10.0 Å². The molecule has 31 heavy (non-hydrogen) atoms. The number of furan rings is 1. The molecule has 1 unspecified atom stereocenters.